The minimum absolute atomic E-state index is 0.0473. The second-order valence-corrected chi connectivity index (χ2v) is 7.57. The molecule has 21 heavy (non-hydrogen) atoms. The summed E-state index contributed by atoms with van der Waals surface area (Å²) in [5.41, 5.74) is 5.29. The van der Waals surface area contributed by atoms with E-state index in [0.717, 1.165) is 15.6 Å². The van der Waals surface area contributed by atoms with Gasteiger partial charge in [0, 0.05) is 24.4 Å². The molecule has 10 heteroatoms. The van der Waals surface area contributed by atoms with Gasteiger partial charge in [-0.25, -0.2) is 4.79 Å². The lowest BCUT2D eigenvalue weighted by atomic mass is 10.2. The van der Waals surface area contributed by atoms with Crippen LogP contribution in [0.4, 0.5) is 15.5 Å². The monoisotopic (exact) mass is 354 g/mol. The van der Waals surface area contributed by atoms with Crippen LogP contribution in [0.15, 0.2) is 6.07 Å². The number of rotatable bonds is 5. The smallest absolute Gasteiger partial charge is 0.407 e. The van der Waals surface area contributed by atoms with Crippen molar-refractivity contribution >= 4 is 51.0 Å². The summed E-state index contributed by atoms with van der Waals surface area (Å²) in [6.45, 7) is 5.36. The lowest BCUT2D eigenvalue weighted by molar-refractivity contribution is 0.0529. The number of alkyl carbamates (subject to hydrolysis) is 1. The molecule has 0 aromatic carbocycles. The van der Waals surface area contributed by atoms with Crippen LogP contribution in [-0.4, -0.2) is 33.5 Å². The summed E-state index contributed by atoms with van der Waals surface area (Å²) < 4.78 is 28.9. The Balaban J connectivity index is 2.57. The van der Waals surface area contributed by atoms with Gasteiger partial charge in [0.2, 0.25) is 0 Å². The number of amides is 1. The Morgan fingerprint density at radius 3 is 2.67 bits per heavy atom. The van der Waals surface area contributed by atoms with Gasteiger partial charge in [0.25, 0.3) is 0 Å². The summed E-state index contributed by atoms with van der Waals surface area (Å²) in [5.74, 6) is 0. The molecule has 1 unspecified atom stereocenters. The van der Waals surface area contributed by atoms with E-state index in [1.165, 1.54) is 6.07 Å². The molecule has 1 heterocycles. The van der Waals surface area contributed by atoms with Gasteiger partial charge in [-0.2, -0.15) is 0 Å². The fourth-order valence-electron chi connectivity index (χ4n) is 1.32. The molecule has 0 bridgehead atoms. The highest BCUT2D eigenvalue weighted by Gasteiger charge is 2.17. The number of hydrogen-bond donors (Lipinski definition) is 2. The first-order valence-electron chi connectivity index (χ1n) is 5.98. The molecule has 0 radical (unpaired) electrons. The summed E-state index contributed by atoms with van der Waals surface area (Å²) in [5, 5.41) is 2.87. The van der Waals surface area contributed by atoms with Crippen molar-refractivity contribution in [2.24, 2.45) is 0 Å². The molecular formula is C11H17ClN3O4S2-. The van der Waals surface area contributed by atoms with Crippen LogP contribution in [0.5, 0.6) is 0 Å². The van der Waals surface area contributed by atoms with E-state index in [2.05, 4.69) is 5.32 Å². The zero-order valence-corrected chi connectivity index (χ0v) is 14.2. The summed E-state index contributed by atoms with van der Waals surface area (Å²) in [6.07, 6.45) is -0.608. The van der Waals surface area contributed by atoms with Gasteiger partial charge in [0.15, 0.2) is 0 Å². The third-order valence-electron chi connectivity index (χ3n) is 2.11. The summed E-state index contributed by atoms with van der Waals surface area (Å²) in [7, 11) is 0. The first-order valence-corrected chi connectivity index (χ1v) is 8.21. The van der Waals surface area contributed by atoms with Crippen LogP contribution in [0.3, 0.4) is 0 Å². The van der Waals surface area contributed by atoms with Crippen LogP contribution in [0.1, 0.15) is 20.8 Å². The van der Waals surface area contributed by atoms with Crippen molar-refractivity contribution in [3.05, 3.63) is 10.4 Å². The van der Waals surface area contributed by atoms with Crippen LogP contribution in [-0.2, 0) is 16.0 Å². The molecule has 0 fully saturated rings. The van der Waals surface area contributed by atoms with Gasteiger partial charge >= 0.3 is 6.09 Å². The molecule has 1 aromatic heterocycles. The minimum atomic E-state index is -2.50. The lowest BCUT2D eigenvalue weighted by Gasteiger charge is -2.25. The summed E-state index contributed by atoms with van der Waals surface area (Å²) in [4.78, 5) is 11.5. The summed E-state index contributed by atoms with van der Waals surface area (Å²) in [6, 6.07) is 1.47. The molecule has 0 spiro atoms. The van der Waals surface area contributed by atoms with Crippen LogP contribution in [0.2, 0.25) is 4.34 Å². The number of nitrogen functional groups attached to an aromatic ring is 1. The number of nitrogens with one attached hydrogen (secondary N) is 1. The van der Waals surface area contributed by atoms with Crippen molar-refractivity contribution in [3.63, 3.8) is 0 Å². The van der Waals surface area contributed by atoms with Gasteiger partial charge in [-0.15, -0.1) is 11.3 Å². The molecule has 0 aliphatic rings. The van der Waals surface area contributed by atoms with E-state index in [1.807, 2.05) is 0 Å². The van der Waals surface area contributed by atoms with E-state index in [-0.39, 0.29) is 13.1 Å². The van der Waals surface area contributed by atoms with Crippen molar-refractivity contribution in [1.82, 2.24) is 5.32 Å². The normalized spacial score (nSPS) is 12.8. The van der Waals surface area contributed by atoms with Crippen LogP contribution < -0.4 is 15.4 Å². The highest BCUT2D eigenvalue weighted by atomic mass is 35.5. The first kappa shape index (κ1) is 18.0. The highest BCUT2D eigenvalue weighted by molar-refractivity contribution is 7.81. The molecule has 0 saturated heterocycles. The molecule has 3 N–H and O–H groups in total. The van der Waals surface area contributed by atoms with Gasteiger partial charge in [-0.1, -0.05) is 11.6 Å². The number of hydrogen-bond acceptors (Lipinski definition) is 6. The quantitative estimate of drug-likeness (QED) is 0.787. The predicted molar refractivity (Wildman–Crippen MR) is 84.2 cm³/mol. The standard InChI is InChI=1S/C11H18ClN3O4S2/c1-11(2,3)19-10(16)14-4-5-15(21(17)18)8-6-7(13)9(12)20-8/h6H,4-5,13H2,1-3H3,(H,14,16)(H,17,18)/p-1. The Labute approximate surface area is 134 Å². The Bertz CT molecular complexity index is 511. The fourth-order valence-corrected chi connectivity index (χ4v) is 3.09. The number of anilines is 2. The Kier molecular flexibility index (Phi) is 6.26. The maximum Gasteiger partial charge on any atom is 0.407 e. The summed E-state index contributed by atoms with van der Waals surface area (Å²) >= 11 is 4.36. The Morgan fingerprint density at radius 1 is 1.62 bits per heavy atom. The van der Waals surface area contributed by atoms with E-state index >= 15 is 0 Å². The zero-order valence-electron chi connectivity index (χ0n) is 11.8. The molecule has 1 amide bonds. The van der Waals surface area contributed by atoms with E-state index < -0.39 is 23.0 Å². The van der Waals surface area contributed by atoms with Crippen molar-refractivity contribution < 1.29 is 18.3 Å². The molecule has 0 aliphatic carbocycles. The molecule has 1 rings (SSSR count). The predicted octanol–water partition coefficient (Wildman–Crippen LogP) is 2.11. The largest absolute Gasteiger partial charge is 0.755 e. The van der Waals surface area contributed by atoms with Crippen molar-refractivity contribution in [1.29, 1.82) is 0 Å². The number of carbonyl (C=O) groups excluding carboxylic acids is 1. The number of thiophene rings is 1. The van der Waals surface area contributed by atoms with E-state index in [1.54, 1.807) is 20.8 Å². The number of halogens is 1. The second-order valence-electron chi connectivity index (χ2n) is 5.06. The van der Waals surface area contributed by atoms with Crippen LogP contribution >= 0.6 is 22.9 Å². The van der Waals surface area contributed by atoms with E-state index in [4.69, 9.17) is 22.1 Å². The van der Waals surface area contributed by atoms with Gasteiger partial charge in [0.1, 0.15) is 14.9 Å². The van der Waals surface area contributed by atoms with E-state index in [0.29, 0.717) is 15.0 Å². The first-order chi connectivity index (χ1) is 9.60. The van der Waals surface area contributed by atoms with Gasteiger partial charge in [0.05, 0.1) is 5.69 Å². The number of ether oxygens (including phenoxy) is 1. The fraction of sp³-hybridized carbons (Fsp3) is 0.545. The van der Waals surface area contributed by atoms with Gasteiger partial charge < -0.3 is 20.3 Å². The minimum Gasteiger partial charge on any atom is -0.755 e. The van der Waals surface area contributed by atoms with Crippen LogP contribution in [0.25, 0.3) is 0 Å². The number of carbonyl (C=O) groups is 1. The molecule has 0 aliphatic heterocycles. The highest BCUT2D eigenvalue weighted by Crippen LogP contribution is 2.36. The van der Waals surface area contributed by atoms with Crippen LogP contribution in [0, 0.1) is 0 Å². The van der Waals surface area contributed by atoms with Crippen molar-refractivity contribution in [2.45, 2.75) is 26.4 Å². The second kappa shape index (κ2) is 7.30. The molecular weight excluding hydrogens is 338 g/mol. The van der Waals surface area contributed by atoms with Crippen molar-refractivity contribution in [3.8, 4) is 0 Å². The average Bonchev–Trinajstić information content (AvgIpc) is 2.62. The maximum atomic E-state index is 11.5. The Hall–Kier alpha value is -1.03. The molecule has 1 atom stereocenters. The SMILES string of the molecule is CC(C)(C)OC(=O)NCCN(c1cc(N)c(Cl)s1)S(=O)[O-]. The van der Waals surface area contributed by atoms with Gasteiger partial charge in [-0.05, 0) is 26.8 Å². The molecule has 1 aromatic rings. The molecule has 120 valence electrons. The number of nitrogens with zero attached hydrogens (tertiary/aromatic N) is 1. The van der Waals surface area contributed by atoms with Gasteiger partial charge in [-0.3, -0.25) is 8.51 Å². The zero-order chi connectivity index (χ0) is 16.2. The number of nitrogens with two attached hydrogens (primary N) is 1. The lowest BCUT2D eigenvalue weighted by Crippen LogP contribution is -2.38. The Morgan fingerprint density at radius 2 is 2.24 bits per heavy atom. The third-order valence-corrected chi connectivity index (χ3v) is 4.38. The average molecular weight is 355 g/mol. The molecule has 0 saturated carbocycles. The maximum absolute atomic E-state index is 11.5. The third kappa shape index (κ3) is 6.08. The molecule has 7 nitrogen and oxygen atoms in total. The van der Waals surface area contributed by atoms with E-state index in [9.17, 15) is 13.6 Å². The van der Waals surface area contributed by atoms with Crippen molar-refractivity contribution in [2.75, 3.05) is 23.1 Å². The topological polar surface area (TPSA) is 108 Å².